The van der Waals surface area contributed by atoms with Crippen molar-refractivity contribution in [1.29, 1.82) is 0 Å². The lowest BCUT2D eigenvalue weighted by Gasteiger charge is -2.20. The number of carbonyl (C=O) groups is 1. The molecule has 7 nitrogen and oxygen atoms in total. The molecule has 7 heteroatoms. The average molecular weight is 383 g/mol. The van der Waals surface area contributed by atoms with Crippen molar-refractivity contribution in [3.05, 3.63) is 48.0 Å². The Balaban J connectivity index is 1.84. The van der Waals surface area contributed by atoms with Crippen molar-refractivity contribution >= 4 is 22.7 Å². The van der Waals surface area contributed by atoms with Gasteiger partial charge in [-0.3, -0.25) is 10.00 Å². The molecule has 1 amide bonds. The van der Waals surface area contributed by atoms with Crippen molar-refractivity contribution in [3.63, 3.8) is 0 Å². The second-order valence-electron chi connectivity index (χ2n) is 7.39. The van der Waals surface area contributed by atoms with Gasteiger partial charge in [0.25, 0.3) is 0 Å². The number of methoxy groups -OCH3 is 1. The molecule has 148 valence electrons. The minimum Gasteiger partial charge on any atom is -0.497 e. The first-order valence-electron chi connectivity index (χ1n) is 8.98. The molecule has 1 N–H and O–H groups in total. The summed E-state index contributed by atoms with van der Waals surface area (Å²) in [6.07, 6.45) is -0.523. The molecule has 0 aliphatic heterocycles. The Labute approximate surface area is 164 Å². The van der Waals surface area contributed by atoms with Gasteiger partial charge in [-0.15, -0.1) is 5.10 Å². The number of anilines is 1. The lowest BCUT2D eigenvalue weighted by Crippen LogP contribution is -2.27. The van der Waals surface area contributed by atoms with E-state index in [2.05, 4.69) is 10.4 Å². The molecule has 0 radical (unpaired) electrons. The lowest BCUT2D eigenvalue weighted by molar-refractivity contribution is 0.0636. The predicted molar refractivity (Wildman–Crippen MR) is 108 cm³/mol. The van der Waals surface area contributed by atoms with Crippen LogP contribution in [0.15, 0.2) is 42.5 Å². The third-order valence-electron chi connectivity index (χ3n) is 4.02. The summed E-state index contributed by atoms with van der Waals surface area (Å²) in [5.41, 5.74) is 1.83. The first kappa shape index (κ1) is 19.5. The average Bonchev–Trinajstić information content (AvgIpc) is 2.96. The van der Waals surface area contributed by atoms with Gasteiger partial charge in [-0.25, -0.2) is 4.79 Å². The summed E-state index contributed by atoms with van der Waals surface area (Å²) in [5, 5.41) is 7.98. The minimum absolute atomic E-state index is 0.344. The van der Waals surface area contributed by atoms with E-state index >= 15 is 0 Å². The van der Waals surface area contributed by atoms with Gasteiger partial charge in [0.1, 0.15) is 18.0 Å². The number of ether oxygens (including phenoxy) is 3. The summed E-state index contributed by atoms with van der Waals surface area (Å²) >= 11 is 0. The summed E-state index contributed by atoms with van der Waals surface area (Å²) in [6, 6.07) is 13.2. The number of fused-ring (bicyclic) bond motifs is 1. The molecule has 0 bridgehead atoms. The third kappa shape index (κ3) is 4.54. The zero-order chi connectivity index (χ0) is 20.3. The SMILES string of the molecule is COc1ccc(COc2nn(C)c3cccc(NC(=O)OC(C)(C)C)c23)cc1. The molecule has 3 rings (SSSR count). The Morgan fingerprint density at radius 1 is 1.14 bits per heavy atom. The third-order valence-corrected chi connectivity index (χ3v) is 4.02. The van der Waals surface area contributed by atoms with Crippen LogP contribution in [0.3, 0.4) is 0 Å². The Kier molecular flexibility index (Phi) is 5.44. The fourth-order valence-electron chi connectivity index (χ4n) is 2.77. The van der Waals surface area contributed by atoms with E-state index in [9.17, 15) is 4.79 Å². The van der Waals surface area contributed by atoms with Gasteiger partial charge in [-0.1, -0.05) is 18.2 Å². The maximum absolute atomic E-state index is 12.2. The van der Waals surface area contributed by atoms with E-state index in [0.717, 1.165) is 22.2 Å². The second-order valence-corrected chi connectivity index (χ2v) is 7.39. The summed E-state index contributed by atoms with van der Waals surface area (Å²) in [6.45, 7) is 5.80. The predicted octanol–water partition coefficient (Wildman–Crippen LogP) is 4.51. The highest BCUT2D eigenvalue weighted by atomic mass is 16.6. The molecule has 0 saturated carbocycles. The summed E-state index contributed by atoms with van der Waals surface area (Å²) < 4.78 is 18.2. The van der Waals surface area contributed by atoms with Gasteiger partial charge in [0.05, 0.1) is 23.7 Å². The number of hydrogen-bond acceptors (Lipinski definition) is 5. The highest BCUT2D eigenvalue weighted by Crippen LogP contribution is 2.32. The molecular weight excluding hydrogens is 358 g/mol. The van der Waals surface area contributed by atoms with Gasteiger partial charge in [0.2, 0.25) is 5.88 Å². The fourth-order valence-corrected chi connectivity index (χ4v) is 2.77. The molecule has 0 atom stereocenters. The van der Waals surface area contributed by atoms with Gasteiger partial charge >= 0.3 is 6.09 Å². The van der Waals surface area contributed by atoms with E-state index in [1.807, 2.05) is 64.2 Å². The molecule has 3 aromatic rings. The van der Waals surface area contributed by atoms with Crippen LogP contribution in [0.5, 0.6) is 11.6 Å². The quantitative estimate of drug-likeness (QED) is 0.702. The minimum atomic E-state index is -0.583. The molecule has 0 aliphatic rings. The number of carbonyl (C=O) groups excluding carboxylic acids is 1. The van der Waals surface area contributed by atoms with Crippen LogP contribution in [0.25, 0.3) is 10.9 Å². The molecule has 0 unspecified atom stereocenters. The molecule has 0 fully saturated rings. The van der Waals surface area contributed by atoms with Gasteiger partial charge in [-0.2, -0.15) is 0 Å². The molecule has 0 spiro atoms. The second kappa shape index (κ2) is 7.80. The molecule has 2 aromatic carbocycles. The fraction of sp³-hybridized carbons (Fsp3) is 0.333. The monoisotopic (exact) mass is 383 g/mol. The number of rotatable bonds is 5. The van der Waals surface area contributed by atoms with Crippen molar-refractivity contribution in [1.82, 2.24) is 9.78 Å². The number of benzene rings is 2. The molecule has 1 aromatic heterocycles. The van der Waals surface area contributed by atoms with Crippen molar-refractivity contribution in [2.24, 2.45) is 7.05 Å². The number of amides is 1. The summed E-state index contributed by atoms with van der Waals surface area (Å²) in [7, 11) is 3.46. The van der Waals surface area contributed by atoms with Crippen molar-refractivity contribution < 1.29 is 19.0 Å². The van der Waals surface area contributed by atoms with Crippen molar-refractivity contribution in [2.75, 3.05) is 12.4 Å². The summed E-state index contributed by atoms with van der Waals surface area (Å²) in [5.74, 6) is 1.23. The normalized spacial score (nSPS) is 11.3. The van der Waals surface area contributed by atoms with Crippen LogP contribution in [0.4, 0.5) is 10.5 Å². The van der Waals surface area contributed by atoms with Gasteiger partial charge in [0.15, 0.2) is 0 Å². The maximum Gasteiger partial charge on any atom is 0.412 e. The Hall–Kier alpha value is -3.22. The zero-order valence-corrected chi connectivity index (χ0v) is 16.8. The van der Waals surface area contributed by atoms with E-state index in [-0.39, 0.29) is 0 Å². The van der Waals surface area contributed by atoms with Crippen LogP contribution in [0.1, 0.15) is 26.3 Å². The largest absolute Gasteiger partial charge is 0.497 e. The van der Waals surface area contributed by atoms with Crippen LogP contribution in [0.2, 0.25) is 0 Å². The van der Waals surface area contributed by atoms with E-state index in [1.54, 1.807) is 17.9 Å². The topological polar surface area (TPSA) is 74.6 Å². The lowest BCUT2D eigenvalue weighted by atomic mass is 10.2. The molecule has 0 aliphatic carbocycles. The van der Waals surface area contributed by atoms with E-state index in [4.69, 9.17) is 14.2 Å². The first-order chi connectivity index (χ1) is 13.3. The van der Waals surface area contributed by atoms with Crippen LogP contribution in [0, 0.1) is 0 Å². The van der Waals surface area contributed by atoms with Gasteiger partial charge in [-0.05, 0) is 50.6 Å². The van der Waals surface area contributed by atoms with E-state index in [1.165, 1.54) is 0 Å². The van der Waals surface area contributed by atoms with Crippen LogP contribution in [-0.4, -0.2) is 28.6 Å². The molecular formula is C21H25N3O4. The number of aryl methyl sites for hydroxylation is 1. The van der Waals surface area contributed by atoms with E-state index < -0.39 is 11.7 Å². The molecule has 28 heavy (non-hydrogen) atoms. The zero-order valence-electron chi connectivity index (χ0n) is 16.8. The molecule has 1 heterocycles. The van der Waals surface area contributed by atoms with Crippen LogP contribution < -0.4 is 14.8 Å². The van der Waals surface area contributed by atoms with Gasteiger partial charge in [0, 0.05) is 7.05 Å². The van der Waals surface area contributed by atoms with Crippen molar-refractivity contribution in [3.8, 4) is 11.6 Å². The number of nitrogens with zero attached hydrogens (tertiary/aromatic N) is 2. The standard InChI is InChI=1S/C21H25N3O4/c1-21(2,3)28-20(25)22-16-7-6-8-17-18(16)19(23-24(17)4)27-13-14-9-11-15(26-5)12-10-14/h6-12H,13H2,1-5H3,(H,22,25). The van der Waals surface area contributed by atoms with Crippen LogP contribution in [-0.2, 0) is 18.4 Å². The maximum atomic E-state index is 12.2. The number of aromatic nitrogens is 2. The highest BCUT2D eigenvalue weighted by molar-refractivity contribution is 6.01. The van der Waals surface area contributed by atoms with Crippen LogP contribution >= 0.6 is 0 Å². The van der Waals surface area contributed by atoms with E-state index in [0.29, 0.717) is 18.2 Å². The Morgan fingerprint density at radius 3 is 2.50 bits per heavy atom. The smallest absolute Gasteiger partial charge is 0.412 e. The molecule has 0 saturated heterocycles. The van der Waals surface area contributed by atoms with Crippen molar-refractivity contribution in [2.45, 2.75) is 33.0 Å². The van der Waals surface area contributed by atoms with Gasteiger partial charge < -0.3 is 14.2 Å². The first-order valence-corrected chi connectivity index (χ1v) is 8.98. The number of nitrogens with one attached hydrogen (secondary N) is 1. The Morgan fingerprint density at radius 2 is 1.86 bits per heavy atom. The number of hydrogen-bond donors (Lipinski definition) is 1. The summed E-state index contributed by atoms with van der Waals surface area (Å²) in [4.78, 5) is 12.2. The highest BCUT2D eigenvalue weighted by Gasteiger charge is 2.19. The Bertz CT molecular complexity index is 972.